The van der Waals surface area contributed by atoms with Crippen molar-refractivity contribution in [3.63, 3.8) is 0 Å². The lowest BCUT2D eigenvalue weighted by atomic mass is 10.1. The highest BCUT2D eigenvalue weighted by Crippen LogP contribution is 2.09. The van der Waals surface area contributed by atoms with Crippen LogP contribution in [0, 0.1) is 0 Å². The van der Waals surface area contributed by atoms with Gasteiger partial charge in [0.05, 0.1) is 6.61 Å². The molecular weight excluding hydrogens is 250 g/mol. The topological polar surface area (TPSA) is 24.5 Å². The monoisotopic (exact) mass is 272 g/mol. The Labute approximate surface area is 108 Å². The van der Waals surface area contributed by atoms with E-state index < -0.39 is 13.0 Å². The molecule has 1 heterocycles. The van der Waals surface area contributed by atoms with Crippen LogP contribution in [-0.2, 0) is 4.74 Å². The molecule has 0 spiro atoms. The molecule has 0 aliphatic carbocycles. The maximum Gasteiger partial charge on any atom is 0.261 e. The normalized spacial score (nSPS) is 21.5. The summed E-state index contributed by atoms with van der Waals surface area (Å²) in [6, 6.07) is 0.536. The highest BCUT2D eigenvalue weighted by Gasteiger charge is 2.20. The summed E-state index contributed by atoms with van der Waals surface area (Å²) in [4.78, 5) is 2.34. The standard InChI is InChI=1S/C11H22F2N2O.ClH/c1-2-3-10-8-14-4-5-15(10)6-7-16-9-11(12)13;/h10-11,14H,2-9H2,1H3;1H. The molecule has 104 valence electrons. The second kappa shape index (κ2) is 10.00. The number of nitrogens with zero attached hydrogens (tertiary/aromatic N) is 1. The first-order valence-corrected chi connectivity index (χ1v) is 6.04. The minimum Gasteiger partial charge on any atom is -0.374 e. The van der Waals surface area contributed by atoms with Gasteiger partial charge in [0.25, 0.3) is 6.43 Å². The van der Waals surface area contributed by atoms with E-state index in [4.69, 9.17) is 4.74 Å². The van der Waals surface area contributed by atoms with Crippen molar-refractivity contribution in [1.82, 2.24) is 10.2 Å². The highest BCUT2D eigenvalue weighted by atomic mass is 35.5. The van der Waals surface area contributed by atoms with Crippen LogP contribution < -0.4 is 5.32 Å². The van der Waals surface area contributed by atoms with Crippen LogP contribution in [0.4, 0.5) is 8.78 Å². The largest absolute Gasteiger partial charge is 0.374 e. The molecule has 1 fully saturated rings. The number of halogens is 3. The number of hydrogen-bond acceptors (Lipinski definition) is 3. The van der Waals surface area contributed by atoms with E-state index in [1.54, 1.807) is 0 Å². The molecule has 0 bridgehead atoms. The molecule has 1 aliphatic heterocycles. The van der Waals surface area contributed by atoms with Crippen LogP contribution in [0.2, 0.25) is 0 Å². The molecule has 0 amide bonds. The van der Waals surface area contributed by atoms with Gasteiger partial charge in [-0.1, -0.05) is 13.3 Å². The van der Waals surface area contributed by atoms with Gasteiger partial charge in [0.1, 0.15) is 6.61 Å². The van der Waals surface area contributed by atoms with Crippen molar-refractivity contribution in [2.75, 3.05) is 39.4 Å². The third-order valence-corrected chi connectivity index (χ3v) is 2.86. The average Bonchev–Trinajstić information content (AvgIpc) is 2.26. The molecule has 3 nitrogen and oxygen atoms in total. The van der Waals surface area contributed by atoms with Crippen LogP contribution in [0.25, 0.3) is 0 Å². The lowest BCUT2D eigenvalue weighted by Crippen LogP contribution is -2.52. The number of hydrogen-bond donors (Lipinski definition) is 1. The van der Waals surface area contributed by atoms with Gasteiger partial charge in [0, 0.05) is 32.2 Å². The zero-order chi connectivity index (χ0) is 11.8. The van der Waals surface area contributed by atoms with E-state index in [2.05, 4.69) is 17.1 Å². The maximum atomic E-state index is 11.8. The molecule has 0 radical (unpaired) electrons. The molecule has 1 saturated heterocycles. The Morgan fingerprint density at radius 1 is 1.47 bits per heavy atom. The molecule has 1 aliphatic rings. The van der Waals surface area contributed by atoms with E-state index >= 15 is 0 Å². The van der Waals surface area contributed by atoms with Crippen LogP contribution in [0.1, 0.15) is 19.8 Å². The third kappa shape index (κ3) is 7.13. The summed E-state index contributed by atoms with van der Waals surface area (Å²) < 4.78 is 28.6. The fraction of sp³-hybridized carbons (Fsp3) is 1.00. The van der Waals surface area contributed by atoms with E-state index in [-0.39, 0.29) is 12.4 Å². The van der Waals surface area contributed by atoms with Crippen molar-refractivity contribution in [3.05, 3.63) is 0 Å². The summed E-state index contributed by atoms with van der Waals surface area (Å²) in [5, 5.41) is 3.36. The van der Waals surface area contributed by atoms with E-state index in [9.17, 15) is 8.78 Å². The number of piperazine rings is 1. The van der Waals surface area contributed by atoms with Gasteiger partial charge in [-0.25, -0.2) is 8.78 Å². The minimum atomic E-state index is -2.35. The third-order valence-electron chi connectivity index (χ3n) is 2.86. The van der Waals surface area contributed by atoms with E-state index in [0.29, 0.717) is 12.6 Å². The van der Waals surface area contributed by atoms with Crippen molar-refractivity contribution < 1.29 is 13.5 Å². The number of alkyl halides is 2. The fourth-order valence-corrected chi connectivity index (χ4v) is 2.07. The first-order chi connectivity index (χ1) is 7.74. The first-order valence-electron chi connectivity index (χ1n) is 6.04. The minimum absolute atomic E-state index is 0. The number of ether oxygens (including phenoxy) is 1. The molecule has 1 unspecified atom stereocenters. The van der Waals surface area contributed by atoms with Crippen molar-refractivity contribution in [2.24, 2.45) is 0 Å². The Bertz CT molecular complexity index is 185. The Hall–Kier alpha value is 0.0300. The lowest BCUT2D eigenvalue weighted by molar-refractivity contribution is 0.00335. The van der Waals surface area contributed by atoms with Gasteiger partial charge in [0.2, 0.25) is 0 Å². The summed E-state index contributed by atoms with van der Waals surface area (Å²) in [6.45, 7) is 5.87. The smallest absolute Gasteiger partial charge is 0.261 e. The molecule has 0 aromatic rings. The predicted octanol–water partition coefficient (Wildman–Crippen LogP) is 1.76. The molecule has 1 atom stereocenters. The van der Waals surface area contributed by atoms with Crippen molar-refractivity contribution in [3.8, 4) is 0 Å². The summed E-state index contributed by atoms with van der Waals surface area (Å²) in [6.07, 6.45) is -0.0442. The Kier molecular flexibility index (Phi) is 10.0. The van der Waals surface area contributed by atoms with Gasteiger partial charge >= 0.3 is 0 Å². The molecule has 17 heavy (non-hydrogen) atoms. The SMILES string of the molecule is CCCC1CNCCN1CCOCC(F)F.Cl. The van der Waals surface area contributed by atoms with Crippen LogP contribution in [-0.4, -0.2) is 56.8 Å². The Morgan fingerprint density at radius 3 is 2.88 bits per heavy atom. The molecule has 6 heteroatoms. The first kappa shape index (κ1) is 17.0. The quantitative estimate of drug-likeness (QED) is 0.715. The van der Waals surface area contributed by atoms with E-state index in [0.717, 1.165) is 39.0 Å². The van der Waals surface area contributed by atoms with Crippen molar-refractivity contribution >= 4 is 12.4 Å². The van der Waals surface area contributed by atoms with Crippen molar-refractivity contribution in [2.45, 2.75) is 32.2 Å². The summed E-state index contributed by atoms with van der Waals surface area (Å²) >= 11 is 0. The summed E-state index contributed by atoms with van der Waals surface area (Å²) in [5.41, 5.74) is 0. The molecule has 0 aromatic carbocycles. The Balaban J connectivity index is 0.00000256. The second-order valence-corrected chi connectivity index (χ2v) is 4.15. The van der Waals surface area contributed by atoms with Gasteiger partial charge in [-0.05, 0) is 6.42 Å². The van der Waals surface area contributed by atoms with E-state index in [1.165, 1.54) is 0 Å². The van der Waals surface area contributed by atoms with Gasteiger partial charge in [-0.2, -0.15) is 0 Å². The highest BCUT2D eigenvalue weighted by molar-refractivity contribution is 5.85. The van der Waals surface area contributed by atoms with Gasteiger partial charge in [-0.15, -0.1) is 12.4 Å². The number of rotatable bonds is 7. The van der Waals surface area contributed by atoms with Crippen LogP contribution >= 0.6 is 12.4 Å². The predicted molar refractivity (Wildman–Crippen MR) is 67.2 cm³/mol. The second-order valence-electron chi connectivity index (χ2n) is 4.15. The molecular formula is C11H23ClF2N2O. The van der Waals surface area contributed by atoms with Gasteiger partial charge in [-0.3, -0.25) is 4.90 Å². The molecule has 0 aromatic heterocycles. The number of nitrogens with one attached hydrogen (secondary N) is 1. The summed E-state index contributed by atoms with van der Waals surface area (Å²) in [7, 11) is 0. The van der Waals surface area contributed by atoms with E-state index in [1.807, 2.05) is 0 Å². The molecule has 1 N–H and O–H groups in total. The van der Waals surface area contributed by atoms with Gasteiger partial charge < -0.3 is 10.1 Å². The Morgan fingerprint density at radius 2 is 2.24 bits per heavy atom. The van der Waals surface area contributed by atoms with Crippen molar-refractivity contribution in [1.29, 1.82) is 0 Å². The fourth-order valence-electron chi connectivity index (χ4n) is 2.07. The lowest BCUT2D eigenvalue weighted by Gasteiger charge is -2.36. The summed E-state index contributed by atoms with van der Waals surface area (Å²) in [5.74, 6) is 0. The zero-order valence-electron chi connectivity index (χ0n) is 10.3. The van der Waals surface area contributed by atoms with Crippen LogP contribution in [0.3, 0.4) is 0 Å². The van der Waals surface area contributed by atoms with Crippen LogP contribution in [0.5, 0.6) is 0 Å². The molecule has 1 rings (SSSR count). The average molecular weight is 273 g/mol. The van der Waals surface area contributed by atoms with Crippen LogP contribution in [0.15, 0.2) is 0 Å². The zero-order valence-corrected chi connectivity index (χ0v) is 11.1. The van der Waals surface area contributed by atoms with Gasteiger partial charge in [0.15, 0.2) is 0 Å². The maximum absolute atomic E-state index is 11.8. The molecule has 0 saturated carbocycles.